The molecule has 1 aliphatic carbocycles. The van der Waals surface area contributed by atoms with Gasteiger partial charge in [-0.1, -0.05) is 19.8 Å². The molecule has 7 heteroatoms. The number of carbonyl (C=O) groups excluding carboxylic acids is 1. The van der Waals surface area contributed by atoms with Crippen molar-refractivity contribution in [2.75, 3.05) is 26.8 Å². The molecule has 142 valence electrons. The summed E-state index contributed by atoms with van der Waals surface area (Å²) in [5, 5.41) is 5.49. The number of hydrogen-bond acceptors (Lipinski definition) is 5. The summed E-state index contributed by atoms with van der Waals surface area (Å²) in [6.07, 6.45) is 5.37. The van der Waals surface area contributed by atoms with E-state index in [0.717, 1.165) is 57.4 Å². The molecular formula is C18H30ClN3O2S. The summed E-state index contributed by atoms with van der Waals surface area (Å²) in [4.78, 5) is 19.7. The first-order chi connectivity index (χ1) is 11.7. The van der Waals surface area contributed by atoms with Gasteiger partial charge in [0.1, 0.15) is 0 Å². The monoisotopic (exact) mass is 387 g/mol. The third-order valence-corrected chi connectivity index (χ3v) is 6.21. The molecule has 2 heterocycles. The second-order valence-corrected chi connectivity index (χ2v) is 8.09. The summed E-state index contributed by atoms with van der Waals surface area (Å²) in [5.74, 6) is 0.745. The Morgan fingerprint density at radius 2 is 2.28 bits per heavy atom. The molecule has 3 rings (SSSR count). The maximum absolute atomic E-state index is 12.8. The molecule has 2 atom stereocenters. The Balaban J connectivity index is 0.00000225. The van der Waals surface area contributed by atoms with Crippen molar-refractivity contribution in [1.29, 1.82) is 0 Å². The molecule has 5 nitrogen and oxygen atoms in total. The van der Waals surface area contributed by atoms with E-state index in [4.69, 9.17) is 4.74 Å². The fraction of sp³-hybridized carbons (Fsp3) is 0.778. The average molecular weight is 388 g/mol. The van der Waals surface area contributed by atoms with Crippen molar-refractivity contribution in [1.82, 2.24) is 15.2 Å². The Morgan fingerprint density at radius 3 is 2.84 bits per heavy atom. The highest BCUT2D eigenvalue weighted by Crippen LogP contribution is 2.41. The maximum atomic E-state index is 12.8. The highest BCUT2D eigenvalue weighted by molar-refractivity contribution is 7.07. The van der Waals surface area contributed by atoms with E-state index < -0.39 is 0 Å². The summed E-state index contributed by atoms with van der Waals surface area (Å²) in [7, 11) is 1.69. The fourth-order valence-electron chi connectivity index (χ4n) is 4.10. The first kappa shape index (κ1) is 20.6. The van der Waals surface area contributed by atoms with Gasteiger partial charge < -0.3 is 10.1 Å². The molecule has 0 radical (unpaired) electrons. The van der Waals surface area contributed by atoms with E-state index in [1.807, 2.05) is 5.51 Å². The average Bonchev–Trinajstić information content (AvgIpc) is 3.14. The van der Waals surface area contributed by atoms with Gasteiger partial charge >= 0.3 is 0 Å². The maximum Gasteiger partial charge on any atom is 0.228 e. The summed E-state index contributed by atoms with van der Waals surface area (Å²) in [5.41, 5.74) is 2.75. The molecule has 1 amide bonds. The molecule has 0 aromatic carbocycles. The molecule has 25 heavy (non-hydrogen) atoms. The summed E-state index contributed by atoms with van der Waals surface area (Å²) in [6.45, 7) is 5.64. The second-order valence-electron chi connectivity index (χ2n) is 7.37. The van der Waals surface area contributed by atoms with Crippen LogP contribution in [0.2, 0.25) is 0 Å². The van der Waals surface area contributed by atoms with E-state index in [1.54, 1.807) is 18.4 Å². The van der Waals surface area contributed by atoms with Gasteiger partial charge in [-0.25, -0.2) is 4.98 Å². The number of carbonyl (C=O) groups is 1. The van der Waals surface area contributed by atoms with Gasteiger partial charge in [0.05, 0.1) is 23.2 Å². The zero-order valence-electron chi connectivity index (χ0n) is 15.2. The molecule has 1 aromatic rings. The highest BCUT2D eigenvalue weighted by Gasteiger charge is 2.46. The van der Waals surface area contributed by atoms with Gasteiger partial charge in [0.2, 0.25) is 5.91 Å². The molecule has 1 saturated heterocycles. The van der Waals surface area contributed by atoms with Gasteiger partial charge in [-0.2, -0.15) is 0 Å². The zero-order chi connectivity index (χ0) is 17.0. The van der Waals surface area contributed by atoms with E-state index >= 15 is 0 Å². The molecule has 2 fully saturated rings. The molecule has 1 aromatic heterocycles. The van der Waals surface area contributed by atoms with Crippen molar-refractivity contribution in [3.63, 3.8) is 0 Å². The van der Waals surface area contributed by atoms with Crippen molar-refractivity contribution in [2.45, 2.75) is 51.6 Å². The van der Waals surface area contributed by atoms with Gasteiger partial charge in [-0.15, -0.1) is 23.7 Å². The SMILES string of the molecule is CCC[C@H]1CN(Cc2cscn2)C[C@@H]1NC(=O)C1(COC)CCC1.Cl. The predicted molar refractivity (Wildman–Crippen MR) is 103 cm³/mol. The number of amides is 1. The molecule has 1 N–H and O–H groups in total. The van der Waals surface area contributed by atoms with E-state index in [9.17, 15) is 4.79 Å². The zero-order valence-corrected chi connectivity index (χ0v) is 16.8. The van der Waals surface area contributed by atoms with Crippen LogP contribution in [0.3, 0.4) is 0 Å². The quantitative estimate of drug-likeness (QED) is 0.744. The largest absolute Gasteiger partial charge is 0.384 e. The first-order valence-electron chi connectivity index (χ1n) is 9.06. The number of halogens is 1. The van der Waals surface area contributed by atoms with Crippen molar-refractivity contribution in [3.8, 4) is 0 Å². The number of nitrogens with zero attached hydrogens (tertiary/aromatic N) is 2. The Bertz CT molecular complexity index is 536. The lowest BCUT2D eigenvalue weighted by molar-refractivity contribution is -0.141. The lowest BCUT2D eigenvalue weighted by Crippen LogP contribution is -2.53. The highest BCUT2D eigenvalue weighted by atomic mass is 35.5. The fourth-order valence-corrected chi connectivity index (χ4v) is 4.65. The minimum absolute atomic E-state index is 0. The Morgan fingerprint density at radius 1 is 1.48 bits per heavy atom. The lowest BCUT2D eigenvalue weighted by atomic mass is 9.68. The smallest absolute Gasteiger partial charge is 0.228 e. The topological polar surface area (TPSA) is 54.5 Å². The van der Waals surface area contributed by atoms with Crippen LogP contribution in [-0.2, 0) is 16.1 Å². The second kappa shape index (κ2) is 9.31. The van der Waals surface area contributed by atoms with Crippen molar-refractivity contribution >= 4 is 29.7 Å². The normalized spacial score (nSPS) is 25.2. The first-order valence-corrected chi connectivity index (χ1v) is 10.0. The number of ether oxygens (including phenoxy) is 1. The minimum atomic E-state index is -0.270. The number of likely N-dealkylation sites (tertiary alicyclic amines) is 1. The number of hydrogen-bond donors (Lipinski definition) is 1. The summed E-state index contributed by atoms with van der Waals surface area (Å²) < 4.78 is 5.32. The third-order valence-electron chi connectivity index (χ3n) is 5.57. The van der Waals surface area contributed by atoms with Gasteiger partial charge in [-0.3, -0.25) is 9.69 Å². The number of thiazole rings is 1. The van der Waals surface area contributed by atoms with Gasteiger partial charge in [0.25, 0.3) is 0 Å². The molecule has 2 aliphatic rings. The van der Waals surface area contributed by atoms with E-state index in [-0.39, 0.29) is 29.8 Å². The lowest BCUT2D eigenvalue weighted by Gasteiger charge is -2.40. The molecule has 0 unspecified atom stereocenters. The Kier molecular flexibility index (Phi) is 7.68. The number of nitrogens with one attached hydrogen (secondary N) is 1. The minimum Gasteiger partial charge on any atom is -0.384 e. The van der Waals surface area contributed by atoms with Crippen LogP contribution in [0, 0.1) is 11.3 Å². The molecule has 1 saturated carbocycles. The van der Waals surface area contributed by atoms with Crippen molar-refractivity contribution in [2.24, 2.45) is 11.3 Å². The van der Waals surface area contributed by atoms with Crippen molar-refractivity contribution in [3.05, 3.63) is 16.6 Å². The van der Waals surface area contributed by atoms with Crippen LogP contribution in [0.15, 0.2) is 10.9 Å². The summed E-state index contributed by atoms with van der Waals surface area (Å²) in [6, 6.07) is 0.255. The van der Waals surface area contributed by atoms with Gasteiger partial charge in [0.15, 0.2) is 0 Å². The Labute approximate surface area is 160 Å². The van der Waals surface area contributed by atoms with Crippen LogP contribution in [0.4, 0.5) is 0 Å². The van der Waals surface area contributed by atoms with Crippen LogP contribution >= 0.6 is 23.7 Å². The van der Waals surface area contributed by atoms with Gasteiger partial charge in [-0.05, 0) is 25.2 Å². The molecular weight excluding hydrogens is 358 g/mol. The standard InChI is InChI=1S/C18H29N3O2S.ClH/c1-3-5-14-8-21(9-15-11-24-13-19-15)10-16(14)20-17(22)18(12-23-2)6-4-7-18;/h11,13-14,16H,3-10,12H2,1-2H3,(H,20,22);1H/t14-,16-;/m0./s1. The number of aromatic nitrogens is 1. The number of rotatable bonds is 8. The van der Waals surface area contributed by atoms with Gasteiger partial charge in [0, 0.05) is 38.2 Å². The van der Waals surface area contributed by atoms with E-state index in [0.29, 0.717) is 12.5 Å². The van der Waals surface area contributed by atoms with Crippen molar-refractivity contribution < 1.29 is 9.53 Å². The van der Waals surface area contributed by atoms with Crippen LogP contribution in [0.25, 0.3) is 0 Å². The molecule has 0 spiro atoms. The van der Waals surface area contributed by atoms with Crippen LogP contribution < -0.4 is 5.32 Å². The van der Waals surface area contributed by atoms with E-state index in [2.05, 4.69) is 27.5 Å². The third kappa shape index (κ3) is 4.73. The predicted octanol–water partition coefficient (Wildman–Crippen LogP) is 3.10. The number of methoxy groups -OCH3 is 1. The van der Waals surface area contributed by atoms with E-state index in [1.165, 1.54) is 0 Å². The molecule has 1 aliphatic heterocycles. The Hall–Kier alpha value is -0.690. The van der Waals surface area contributed by atoms with Crippen LogP contribution in [-0.4, -0.2) is 48.6 Å². The van der Waals surface area contributed by atoms with Crippen LogP contribution in [0.5, 0.6) is 0 Å². The summed E-state index contributed by atoms with van der Waals surface area (Å²) >= 11 is 1.64. The van der Waals surface area contributed by atoms with Crippen LogP contribution in [0.1, 0.15) is 44.7 Å². The molecule has 0 bridgehead atoms.